The Kier molecular flexibility index (Phi) is 13.3. The predicted molar refractivity (Wildman–Crippen MR) is 146 cm³/mol. The normalized spacial score (nSPS) is 13.0. The number of ether oxygens (including phenoxy) is 1. The summed E-state index contributed by atoms with van der Waals surface area (Å²) in [6, 6.07) is 6.47. The predicted octanol–water partition coefficient (Wildman–Crippen LogP) is 5.86. The Morgan fingerprint density at radius 2 is 1.78 bits per heavy atom. The van der Waals surface area contributed by atoms with Gasteiger partial charge in [0.05, 0.1) is 0 Å². The average Bonchev–Trinajstić information content (AvgIpc) is 2.80. The lowest BCUT2D eigenvalue weighted by Gasteiger charge is -2.37. The molecule has 0 fully saturated rings. The number of rotatable bonds is 14. The van der Waals surface area contributed by atoms with Gasteiger partial charge in [-0.2, -0.15) is 0 Å². The highest BCUT2D eigenvalue weighted by Crippen LogP contribution is 2.27. The summed E-state index contributed by atoms with van der Waals surface area (Å²) >= 11 is 0. The molecule has 0 saturated carbocycles. The molecule has 2 atom stereocenters. The molecule has 2 unspecified atom stereocenters. The lowest BCUT2D eigenvalue weighted by atomic mass is 9.97. The number of benzene rings is 1. The molecule has 0 saturated heterocycles. The van der Waals surface area contributed by atoms with Crippen molar-refractivity contribution in [3.8, 4) is 0 Å². The molecule has 0 bridgehead atoms. The minimum Gasteiger partial charge on any atom is -0.444 e. The monoisotopic (exact) mass is 501 g/mol. The average molecular weight is 502 g/mol. The molecule has 0 spiro atoms. The molecule has 202 valence electrons. The number of nitrogens with zero attached hydrogens (tertiary/aromatic N) is 1. The SMILES string of the molecule is C=Cc1cccc(C(C(=O)NCCCCC)N(C(=O)CNC(=O)OC(C)(C)C)C(C)CCC(C)C)c1. The Morgan fingerprint density at radius 3 is 2.36 bits per heavy atom. The van der Waals surface area contributed by atoms with E-state index in [1.54, 1.807) is 31.7 Å². The van der Waals surface area contributed by atoms with E-state index in [4.69, 9.17) is 4.74 Å². The molecule has 0 aliphatic carbocycles. The van der Waals surface area contributed by atoms with E-state index in [-0.39, 0.29) is 24.4 Å². The van der Waals surface area contributed by atoms with Crippen molar-refractivity contribution in [3.63, 3.8) is 0 Å². The van der Waals surface area contributed by atoms with Crippen LogP contribution in [-0.4, -0.2) is 47.5 Å². The van der Waals surface area contributed by atoms with Crippen LogP contribution in [0.1, 0.15) is 97.7 Å². The zero-order valence-corrected chi connectivity index (χ0v) is 23.4. The fourth-order valence-corrected chi connectivity index (χ4v) is 3.89. The van der Waals surface area contributed by atoms with E-state index in [9.17, 15) is 14.4 Å². The van der Waals surface area contributed by atoms with Gasteiger partial charge >= 0.3 is 6.09 Å². The minimum atomic E-state index is -0.832. The van der Waals surface area contributed by atoms with Crippen LogP contribution in [0.25, 0.3) is 6.08 Å². The van der Waals surface area contributed by atoms with E-state index in [0.29, 0.717) is 18.0 Å². The van der Waals surface area contributed by atoms with Gasteiger partial charge in [-0.1, -0.05) is 64.5 Å². The summed E-state index contributed by atoms with van der Waals surface area (Å²) in [7, 11) is 0. The maximum Gasteiger partial charge on any atom is 0.408 e. The Hall–Kier alpha value is -2.83. The molecule has 1 rings (SSSR count). The zero-order chi connectivity index (χ0) is 27.3. The summed E-state index contributed by atoms with van der Waals surface area (Å²) in [5.41, 5.74) is 0.899. The van der Waals surface area contributed by atoms with Crippen molar-refractivity contribution in [1.82, 2.24) is 15.5 Å². The maximum absolute atomic E-state index is 13.6. The Labute approximate surface area is 218 Å². The summed E-state index contributed by atoms with van der Waals surface area (Å²) in [5.74, 6) is -0.112. The molecule has 0 aromatic heterocycles. The quantitative estimate of drug-likeness (QED) is 0.313. The van der Waals surface area contributed by atoms with Crippen molar-refractivity contribution >= 4 is 24.0 Å². The highest BCUT2D eigenvalue weighted by molar-refractivity contribution is 5.90. The number of carbonyl (C=O) groups excluding carboxylic acids is 3. The maximum atomic E-state index is 13.6. The van der Waals surface area contributed by atoms with Gasteiger partial charge in [0, 0.05) is 12.6 Å². The summed E-state index contributed by atoms with van der Waals surface area (Å²) < 4.78 is 5.30. The van der Waals surface area contributed by atoms with Gasteiger partial charge in [-0.05, 0) is 70.1 Å². The zero-order valence-electron chi connectivity index (χ0n) is 23.4. The standard InChI is InChI=1S/C29H47N3O4/c1-9-11-12-18-30-27(34)26(24-15-13-14-23(10-2)19-24)32(22(5)17-16-21(3)4)25(33)20-31-28(35)36-29(6,7)8/h10,13-15,19,21-22,26H,2,9,11-12,16-18,20H2,1,3-8H3,(H,30,34)(H,31,35). The first-order valence-electron chi connectivity index (χ1n) is 13.2. The minimum absolute atomic E-state index is 0.223. The summed E-state index contributed by atoms with van der Waals surface area (Å²) in [5, 5.41) is 5.60. The van der Waals surface area contributed by atoms with E-state index < -0.39 is 17.7 Å². The topological polar surface area (TPSA) is 87.7 Å². The van der Waals surface area contributed by atoms with Crippen LogP contribution >= 0.6 is 0 Å². The fraction of sp³-hybridized carbons (Fsp3) is 0.621. The second-order valence-electron chi connectivity index (χ2n) is 10.8. The van der Waals surface area contributed by atoms with Crippen molar-refractivity contribution in [2.75, 3.05) is 13.1 Å². The van der Waals surface area contributed by atoms with Crippen LogP contribution in [0.2, 0.25) is 0 Å². The van der Waals surface area contributed by atoms with Gasteiger partial charge in [0.25, 0.3) is 0 Å². The van der Waals surface area contributed by atoms with Crippen molar-refractivity contribution in [2.45, 2.75) is 98.3 Å². The summed E-state index contributed by atoms with van der Waals surface area (Å²) in [4.78, 5) is 41.0. The third kappa shape index (κ3) is 11.3. The van der Waals surface area contributed by atoms with Crippen LogP contribution in [0.4, 0.5) is 4.79 Å². The molecule has 0 aliphatic heterocycles. The van der Waals surface area contributed by atoms with E-state index >= 15 is 0 Å². The van der Waals surface area contributed by atoms with Crippen molar-refractivity contribution < 1.29 is 19.1 Å². The van der Waals surface area contributed by atoms with E-state index in [2.05, 4.69) is 38.0 Å². The molecule has 7 heteroatoms. The smallest absolute Gasteiger partial charge is 0.408 e. The first kappa shape index (κ1) is 31.2. The van der Waals surface area contributed by atoms with Gasteiger partial charge in [0.2, 0.25) is 11.8 Å². The number of amides is 3. The Balaban J connectivity index is 3.33. The molecule has 0 radical (unpaired) electrons. The number of hydrogen-bond acceptors (Lipinski definition) is 4. The molecule has 1 aromatic rings. The third-order valence-corrected chi connectivity index (χ3v) is 5.78. The number of alkyl carbamates (subject to hydrolysis) is 1. The molecule has 1 aromatic carbocycles. The molecule has 0 aliphatic rings. The lowest BCUT2D eigenvalue weighted by Crippen LogP contribution is -2.51. The van der Waals surface area contributed by atoms with Crippen LogP contribution in [0.15, 0.2) is 30.8 Å². The molecule has 2 N–H and O–H groups in total. The summed E-state index contributed by atoms with van der Waals surface area (Å²) in [6.07, 6.45) is 5.63. The first-order chi connectivity index (χ1) is 16.9. The van der Waals surface area contributed by atoms with Gasteiger partial charge < -0.3 is 20.3 Å². The highest BCUT2D eigenvalue weighted by atomic mass is 16.6. The molecule has 36 heavy (non-hydrogen) atoms. The largest absolute Gasteiger partial charge is 0.444 e. The van der Waals surface area contributed by atoms with Crippen molar-refractivity contribution in [3.05, 3.63) is 42.0 Å². The van der Waals surface area contributed by atoms with E-state index in [1.807, 2.05) is 31.2 Å². The van der Waals surface area contributed by atoms with Crippen LogP contribution in [-0.2, 0) is 14.3 Å². The molecular formula is C29H47N3O4. The number of hydrogen-bond donors (Lipinski definition) is 2. The third-order valence-electron chi connectivity index (χ3n) is 5.78. The van der Waals surface area contributed by atoms with Crippen LogP contribution in [0.5, 0.6) is 0 Å². The molecule has 7 nitrogen and oxygen atoms in total. The van der Waals surface area contributed by atoms with Gasteiger partial charge in [-0.3, -0.25) is 9.59 Å². The number of carbonyl (C=O) groups is 3. The first-order valence-corrected chi connectivity index (χ1v) is 13.2. The second kappa shape index (κ2) is 15.3. The van der Waals surface area contributed by atoms with E-state index in [1.165, 1.54) is 0 Å². The fourth-order valence-electron chi connectivity index (χ4n) is 3.89. The van der Waals surface area contributed by atoms with Gasteiger partial charge in [-0.25, -0.2) is 4.79 Å². The Bertz CT molecular complexity index is 860. The summed E-state index contributed by atoms with van der Waals surface area (Å²) in [6.45, 7) is 17.8. The van der Waals surface area contributed by atoms with Crippen LogP contribution < -0.4 is 10.6 Å². The van der Waals surface area contributed by atoms with Gasteiger partial charge in [0.15, 0.2) is 0 Å². The highest BCUT2D eigenvalue weighted by Gasteiger charge is 2.35. The second-order valence-corrected chi connectivity index (χ2v) is 10.8. The Morgan fingerprint density at radius 1 is 1.08 bits per heavy atom. The molecule has 3 amide bonds. The van der Waals surface area contributed by atoms with Crippen LogP contribution in [0.3, 0.4) is 0 Å². The molecular weight excluding hydrogens is 454 g/mol. The van der Waals surface area contributed by atoms with Crippen molar-refractivity contribution in [1.29, 1.82) is 0 Å². The number of unbranched alkanes of at least 4 members (excludes halogenated alkanes) is 2. The van der Waals surface area contributed by atoms with Crippen molar-refractivity contribution in [2.24, 2.45) is 5.92 Å². The lowest BCUT2D eigenvalue weighted by molar-refractivity contribution is -0.142. The molecule has 0 heterocycles. The van der Waals surface area contributed by atoms with E-state index in [0.717, 1.165) is 37.7 Å². The van der Waals surface area contributed by atoms with Gasteiger partial charge in [0.1, 0.15) is 18.2 Å². The van der Waals surface area contributed by atoms with Gasteiger partial charge in [-0.15, -0.1) is 0 Å². The van der Waals surface area contributed by atoms with Crippen LogP contribution in [0, 0.1) is 5.92 Å². The number of nitrogens with one attached hydrogen (secondary N) is 2.